The first kappa shape index (κ1) is 18.6. The van der Waals surface area contributed by atoms with E-state index in [4.69, 9.17) is 9.97 Å². The number of nitrogens with zero attached hydrogens (tertiary/aromatic N) is 3. The molecule has 1 aromatic heterocycles. The maximum absolute atomic E-state index is 12.3. The van der Waals surface area contributed by atoms with E-state index in [2.05, 4.69) is 49.2 Å². The fraction of sp³-hybridized carbons (Fsp3) is 0.571. The molecule has 1 aromatic carbocycles. The molecule has 0 aliphatic carbocycles. The first-order chi connectivity index (χ1) is 12.4. The van der Waals surface area contributed by atoms with Crippen LogP contribution in [-0.4, -0.2) is 35.5 Å². The van der Waals surface area contributed by atoms with Crippen LogP contribution in [-0.2, 0) is 4.79 Å². The topological polar surface area (TPSA) is 58.1 Å². The van der Waals surface area contributed by atoms with Crippen molar-refractivity contribution in [3.63, 3.8) is 0 Å². The van der Waals surface area contributed by atoms with Gasteiger partial charge in [-0.3, -0.25) is 4.79 Å². The van der Waals surface area contributed by atoms with Crippen LogP contribution in [0.4, 0.5) is 5.95 Å². The standard InChI is InChI=1S/C21H30N4O/c1-14(2)7-10-22-20(26)17-8-11-25(12-9-17)21-23-16(4)18-6-5-15(3)13-19(18)24-21/h5-6,13-14,17H,7-12H2,1-4H3,(H,22,26). The molecule has 1 N–H and O–H groups in total. The Morgan fingerprint density at radius 1 is 1.23 bits per heavy atom. The summed E-state index contributed by atoms with van der Waals surface area (Å²) in [7, 11) is 0. The number of amides is 1. The minimum Gasteiger partial charge on any atom is -0.356 e. The molecule has 0 saturated carbocycles. The molecule has 0 bridgehead atoms. The van der Waals surface area contributed by atoms with E-state index in [0.29, 0.717) is 5.92 Å². The van der Waals surface area contributed by atoms with E-state index in [1.165, 1.54) is 5.56 Å². The molecule has 0 unspecified atom stereocenters. The lowest BCUT2D eigenvalue weighted by Crippen LogP contribution is -2.41. The summed E-state index contributed by atoms with van der Waals surface area (Å²) in [5.41, 5.74) is 3.22. The number of aromatic nitrogens is 2. The molecule has 0 atom stereocenters. The van der Waals surface area contributed by atoms with Crippen molar-refractivity contribution in [2.45, 2.75) is 47.0 Å². The number of hydrogen-bond acceptors (Lipinski definition) is 4. The molecule has 1 aliphatic heterocycles. The minimum atomic E-state index is 0.113. The summed E-state index contributed by atoms with van der Waals surface area (Å²) in [4.78, 5) is 24.0. The number of carbonyl (C=O) groups is 1. The van der Waals surface area contributed by atoms with Crippen molar-refractivity contribution in [3.05, 3.63) is 29.5 Å². The molecule has 2 aromatic rings. The van der Waals surface area contributed by atoms with E-state index >= 15 is 0 Å². The van der Waals surface area contributed by atoms with Gasteiger partial charge in [-0.05, 0) is 50.7 Å². The lowest BCUT2D eigenvalue weighted by atomic mass is 9.96. The zero-order valence-corrected chi connectivity index (χ0v) is 16.4. The molecule has 3 rings (SSSR count). The molecule has 1 aliphatic rings. The maximum Gasteiger partial charge on any atom is 0.226 e. The lowest BCUT2D eigenvalue weighted by molar-refractivity contribution is -0.125. The number of rotatable bonds is 5. The Hall–Kier alpha value is -2.17. The first-order valence-corrected chi connectivity index (χ1v) is 9.71. The number of carbonyl (C=O) groups excluding carboxylic acids is 1. The number of hydrogen-bond donors (Lipinski definition) is 1. The quantitative estimate of drug-likeness (QED) is 0.891. The van der Waals surface area contributed by atoms with E-state index in [0.717, 1.165) is 61.4 Å². The second kappa shape index (κ2) is 8.02. The van der Waals surface area contributed by atoms with Gasteiger partial charge in [0, 0.05) is 30.9 Å². The normalized spacial score (nSPS) is 15.7. The molecule has 1 fully saturated rings. The predicted octanol–water partition coefficient (Wildman–Crippen LogP) is 3.63. The van der Waals surface area contributed by atoms with Gasteiger partial charge < -0.3 is 10.2 Å². The van der Waals surface area contributed by atoms with Gasteiger partial charge in [0.05, 0.1) is 11.2 Å². The van der Waals surface area contributed by atoms with Crippen LogP contribution in [0, 0.1) is 25.7 Å². The van der Waals surface area contributed by atoms with E-state index in [-0.39, 0.29) is 11.8 Å². The zero-order valence-electron chi connectivity index (χ0n) is 16.4. The Balaban J connectivity index is 1.63. The van der Waals surface area contributed by atoms with Crippen LogP contribution in [0.5, 0.6) is 0 Å². The third-order valence-corrected chi connectivity index (χ3v) is 5.20. The Labute approximate surface area is 156 Å². The van der Waals surface area contributed by atoms with Gasteiger partial charge in [0.2, 0.25) is 11.9 Å². The highest BCUT2D eigenvalue weighted by Gasteiger charge is 2.26. The molecular weight excluding hydrogens is 324 g/mol. The second-order valence-corrected chi connectivity index (χ2v) is 7.86. The number of nitrogens with one attached hydrogen (secondary N) is 1. The number of anilines is 1. The molecule has 0 radical (unpaired) electrons. The number of piperidine rings is 1. The number of benzene rings is 1. The molecule has 0 spiro atoms. The van der Waals surface area contributed by atoms with Gasteiger partial charge in [-0.1, -0.05) is 26.0 Å². The van der Waals surface area contributed by atoms with Crippen LogP contribution in [0.1, 0.15) is 44.4 Å². The zero-order chi connectivity index (χ0) is 18.7. The van der Waals surface area contributed by atoms with Crippen LogP contribution in [0.15, 0.2) is 18.2 Å². The van der Waals surface area contributed by atoms with Gasteiger partial charge in [-0.25, -0.2) is 9.97 Å². The van der Waals surface area contributed by atoms with E-state index in [9.17, 15) is 4.79 Å². The van der Waals surface area contributed by atoms with Gasteiger partial charge in [-0.2, -0.15) is 0 Å². The Morgan fingerprint density at radius 2 is 1.96 bits per heavy atom. The summed E-state index contributed by atoms with van der Waals surface area (Å²) < 4.78 is 0. The van der Waals surface area contributed by atoms with E-state index < -0.39 is 0 Å². The summed E-state index contributed by atoms with van der Waals surface area (Å²) in [6, 6.07) is 6.31. The maximum atomic E-state index is 12.3. The van der Waals surface area contributed by atoms with Crippen molar-refractivity contribution in [2.24, 2.45) is 11.8 Å². The van der Waals surface area contributed by atoms with E-state index in [1.54, 1.807) is 0 Å². The molecule has 26 heavy (non-hydrogen) atoms. The summed E-state index contributed by atoms with van der Waals surface area (Å²) >= 11 is 0. The monoisotopic (exact) mass is 354 g/mol. The van der Waals surface area contributed by atoms with Crippen molar-refractivity contribution in [2.75, 3.05) is 24.5 Å². The van der Waals surface area contributed by atoms with Crippen LogP contribution < -0.4 is 10.2 Å². The van der Waals surface area contributed by atoms with Crippen LogP contribution >= 0.6 is 0 Å². The molecular formula is C21H30N4O. The fourth-order valence-electron chi connectivity index (χ4n) is 3.49. The molecule has 2 heterocycles. The van der Waals surface area contributed by atoms with Crippen molar-refractivity contribution >= 4 is 22.8 Å². The lowest BCUT2D eigenvalue weighted by Gasteiger charge is -2.31. The third kappa shape index (κ3) is 4.32. The van der Waals surface area contributed by atoms with Gasteiger partial charge in [0.25, 0.3) is 0 Å². The minimum absolute atomic E-state index is 0.113. The fourth-order valence-corrected chi connectivity index (χ4v) is 3.49. The highest BCUT2D eigenvalue weighted by molar-refractivity contribution is 5.82. The van der Waals surface area contributed by atoms with Gasteiger partial charge in [0.1, 0.15) is 0 Å². The molecule has 1 amide bonds. The van der Waals surface area contributed by atoms with Crippen molar-refractivity contribution in [1.29, 1.82) is 0 Å². The van der Waals surface area contributed by atoms with E-state index in [1.807, 2.05) is 6.92 Å². The Kier molecular flexibility index (Phi) is 5.74. The molecule has 1 saturated heterocycles. The third-order valence-electron chi connectivity index (χ3n) is 5.20. The summed E-state index contributed by atoms with van der Waals surface area (Å²) in [5.74, 6) is 1.73. The molecule has 140 valence electrons. The highest BCUT2D eigenvalue weighted by atomic mass is 16.1. The summed E-state index contributed by atoms with van der Waals surface area (Å²) in [6.45, 7) is 10.9. The van der Waals surface area contributed by atoms with Gasteiger partial charge >= 0.3 is 0 Å². The average Bonchev–Trinajstić information content (AvgIpc) is 2.61. The Bertz CT molecular complexity index is 779. The van der Waals surface area contributed by atoms with Crippen LogP contribution in [0.25, 0.3) is 10.9 Å². The number of fused-ring (bicyclic) bond motifs is 1. The van der Waals surface area contributed by atoms with Crippen molar-refractivity contribution in [3.8, 4) is 0 Å². The predicted molar refractivity (Wildman–Crippen MR) is 106 cm³/mol. The Morgan fingerprint density at radius 3 is 2.65 bits per heavy atom. The SMILES string of the molecule is Cc1ccc2c(C)nc(N3CCC(C(=O)NCCC(C)C)CC3)nc2c1. The summed E-state index contributed by atoms with van der Waals surface area (Å²) in [5, 5.41) is 4.20. The number of aryl methyl sites for hydroxylation is 2. The largest absolute Gasteiger partial charge is 0.356 e. The van der Waals surface area contributed by atoms with Gasteiger partial charge in [-0.15, -0.1) is 0 Å². The second-order valence-electron chi connectivity index (χ2n) is 7.86. The van der Waals surface area contributed by atoms with Crippen LogP contribution in [0.2, 0.25) is 0 Å². The molecule has 5 nitrogen and oxygen atoms in total. The van der Waals surface area contributed by atoms with Gasteiger partial charge in [0.15, 0.2) is 0 Å². The van der Waals surface area contributed by atoms with Crippen molar-refractivity contribution < 1.29 is 4.79 Å². The smallest absolute Gasteiger partial charge is 0.226 e. The first-order valence-electron chi connectivity index (χ1n) is 9.71. The van der Waals surface area contributed by atoms with Crippen LogP contribution in [0.3, 0.4) is 0 Å². The highest BCUT2D eigenvalue weighted by Crippen LogP contribution is 2.24. The van der Waals surface area contributed by atoms with Crippen molar-refractivity contribution in [1.82, 2.24) is 15.3 Å². The summed E-state index contributed by atoms with van der Waals surface area (Å²) in [6.07, 6.45) is 2.76. The average molecular weight is 354 g/mol. The molecule has 5 heteroatoms.